The number of nitrogens with one attached hydrogen (secondary N) is 1. The molecule has 2 fully saturated rings. The molecule has 0 radical (unpaired) electrons. The molecule has 3 rings (SSSR count). The van der Waals surface area contributed by atoms with E-state index in [0.717, 1.165) is 18.0 Å². The van der Waals surface area contributed by atoms with Crippen molar-refractivity contribution in [2.24, 2.45) is 11.3 Å². The van der Waals surface area contributed by atoms with Crippen LogP contribution in [0.1, 0.15) is 32.3 Å². The number of hydrogen-bond acceptors (Lipinski definition) is 3. The number of fused-ring (bicyclic) bond motifs is 1. The molecule has 3 unspecified atom stereocenters. The van der Waals surface area contributed by atoms with Crippen molar-refractivity contribution in [3.63, 3.8) is 0 Å². The summed E-state index contributed by atoms with van der Waals surface area (Å²) in [5.74, 6) is 1.55. The number of hydrogen-bond donors (Lipinski definition) is 1. The molecule has 1 aliphatic carbocycles. The fraction of sp³-hybridized carbons (Fsp3) is 0.647. The van der Waals surface area contributed by atoms with Crippen molar-refractivity contribution in [3.8, 4) is 5.75 Å². The molecule has 1 aromatic carbocycles. The van der Waals surface area contributed by atoms with Crippen LogP contribution in [0.2, 0.25) is 0 Å². The lowest BCUT2D eigenvalue weighted by Crippen LogP contribution is -2.67. The molecule has 1 heterocycles. The Morgan fingerprint density at radius 2 is 2.15 bits per heavy atom. The summed E-state index contributed by atoms with van der Waals surface area (Å²) in [5, 5.41) is 3.72. The third-order valence-electron chi connectivity index (χ3n) is 5.00. The maximum atomic E-state index is 5.97. The standard InChI is InChI=1S/C17H25NO2/c1-11-7-8-14(19-4)13(10-11)18-15-12-6-5-9-20-16(12)17(15,2)3/h7-8,10,12,15-16,18H,5-6,9H2,1-4H3. The first-order chi connectivity index (χ1) is 9.54. The van der Waals surface area contributed by atoms with Gasteiger partial charge in [-0.15, -0.1) is 0 Å². The lowest BCUT2D eigenvalue weighted by Gasteiger charge is -2.60. The first-order valence-electron chi connectivity index (χ1n) is 7.57. The molecule has 1 aromatic rings. The van der Waals surface area contributed by atoms with Crippen molar-refractivity contribution < 1.29 is 9.47 Å². The second kappa shape index (κ2) is 4.96. The highest BCUT2D eigenvalue weighted by Gasteiger charge is 2.58. The van der Waals surface area contributed by atoms with Gasteiger partial charge in [0.25, 0.3) is 0 Å². The Kier molecular flexibility index (Phi) is 3.41. The maximum Gasteiger partial charge on any atom is 0.141 e. The number of anilines is 1. The summed E-state index contributed by atoms with van der Waals surface area (Å²) in [5.41, 5.74) is 2.54. The highest BCUT2D eigenvalue weighted by molar-refractivity contribution is 5.59. The zero-order chi connectivity index (χ0) is 14.3. The van der Waals surface area contributed by atoms with Crippen LogP contribution in [-0.2, 0) is 4.74 Å². The normalized spacial score (nSPS) is 31.1. The number of ether oxygens (including phenoxy) is 2. The van der Waals surface area contributed by atoms with E-state index >= 15 is 0 Å². The van der Waals surface area contributed by atoms with Gasteiger partial charge >= 0.3 is 0 Å². The van der Waals surface area contributed by atoms with Crippen molar-refractivity contribution in [2.75, 3.05) is 19.0 Å². The Hall–Kier alpha value is -1.22. The minimum absolute atomic E-state index is 0.180. The predicted molar refractivity (Wildman–Crippen MR) is 81.4 cm³/mol. The second-order valence-corrected chi connectivity index (χ2v) is 6.74. The van der Waals surface area contributed by atoms with Crippen LogP contribution >= 0.6 is 0 Å². The third kappa shape index (κ3) is 2.08. The molecule has 1 saturated heterocycles. The summed E-state index contributed by atoms with van der Waals surface area (Å²) >= 11 is 0. The Bertz CT molecular complexity index is 498. The number of rotatable bonds is 3. The van der Waals surface area contributed by atoms with Crippen LogP contribution in [0, 0.1) is 18.3 Å². The SMILES string of the molecule is COc1ccc(C)cc1NC1C2CCCOC2C1(C)C. The van der Waals surface area contributed by atoms with Gasteiger partial charge < -0.3 is 14.8 Å². The lowest BCUT2D eigenvalue weighted by atomic mass is 9.55. The van der Waals surface area contributed by atoms with Crippen LogP contribution in [-0.4, -0.2) is 25.9 Å². The van der Waals surface area contributed by atoms with Crippen molar-refractivity contribution in [1.82, 2.24) is 0 Å². The van der Waals surface area contributed by atoms with Gasteiger partial charge in [-0.2, -0.15) is 0 Å². The zero-order valence-corrected chi connectivity index (χ0v) is 12.9. The first kappa shape index (κ1) is 13.7. The van der Waals surface area contributed by atoms with Gasteiger partial charge in [0.2, 0.25) is 0 Å². The molecule has 3 atom stereocenters. The molecule has 0 aromatic heterocycles. The molecule has 1 aliphatic heterocycles. The maximum absolute atomic E-state index is 5.97. The van der Waals surface area contributed by atoms with Crippen molar-refractivity contribution >= 4 is 5.69 Å². The van der Waals surface area contributed by atoms with E-state index in [9.17, 15) is 0 Å². The molecule has 0 spiro atoms. The summed E-state index contributed by atoms with van der Waals surface area (Å²) in [7, 11) is 1.73. The quantitative estimate of drug-likeness (QED) is 0.914. The van der Waals surface area contributed by atoms with E-state index in [4.69, 9.17) is 9.47 Å². The number of methoxy groups -OCH3 is 1. The molecular formula is C17H25NO2. The molecular weight excluding hydrogens is 250 g/mol. The van der Waals surface area contributed by atoms with Gasteiger partial charge in [-0.1, -0.05) is 19.9 Å². The molecule has 2 aliphatic rings. The van der Waals surface area contributed by atoms with Gasteiger partial charge in [-0.25, -0.2) is 0 Å². The van der Waals surface area contributed by atoms with Crippen molar-refractivity contribution in [2.45, 2.75) is 45.8 Å². The first-order valence-corrected chi connectivity index (χ1v) is 7.57. The van der Waals surface area contributed by atoms with Gasteiger partial charge in [-0.05, 0) is 37.5 Å². The minimum atomic E-state index is 0.180. The van der Waals surface area contributed by atoms with E-state index in [1.807, 2.05) is 6.07 Å². The van der Waals surface area contributed by atoms with Gasteiger partial charge in [-0.3, -0.25) is 0 Å². The number of aryl methyl sites for hydroxylation is 1. The summed E-state index contributed by atoms with van der Waals surface area (Å²) in [4.78, 5) is 0. The van der Waals surface area contributed by atoms with Crippen molar-refractivity contribution in [3.05, 3.63) is 23.8 Å². The Morgan fingerprint density at radius 3 is 2.90 bits per heavy atom. The van der Waals surface area contributed by atoms with Crippen LogP contribution in [0.5, 0.6) is 5.75 Å². The van der Waals surface area contributed by atoms with Crippen LogP contribution in [0.4, 0.5) is 5.69 Å². The molecule has 1 saturated carbocycles. The fourth-order valence-electron chi connectivity index (χ4n) is 3.92. The average Bonchev–Trinajstić information content (AvgIpc) is 2.45. The van der Waals surface area contributed by atoms with Crippen LogP contribution in [0.3, 0.4) is 0 Å². The zero-order valence-electron chi connectivity index (χ0n) is 12.9. The Labute approximate surface area is 121 Å². The van der Waals surface area contributed by atoms with E-state index in [0.29, 0.717) is 18.1 Å². The van der Waals surface area contributed by atoms with Crippen LogP contribution < -0.4 is 10.1 Å². The second-order valence-electron chi connectivity index (χ2n) is 6.74. The minimum Gasteiger partial charge on any atom is -0.495 e. The van der Waals surface area contributed by atoms with E-state index in [1.165, 1.54) is 18.4 Å². The lowest BCUT2D eigenvalue weighted by molar-refractivity contribution is -0.177. The molecule has 1 N–H and O–H groups in total. The fourth-order valence-corrected chi connectivity index (χ4v) is 3.92. The predicted octanol–water partition coefficient (Wildman–Crippen LogP) is 3.62. The van der Waals surface area contributed by atoms with E-state index in [2.05, 4.69) is 38.2 Å². The topological polar surface area (TPSA) is 30.5 Å². The monoisotopic (exact) mass is 275 g/mol. The Balaban J connectivity index is 1.82. The molecule has 20 heavy (non-hydrogen) atoms. The van der Waals surface area contributed by atoms with Gasteiger partial charge in [0.15, 0.2) is 0 Å². The summed E-state index contributed by atoms with van der Waals surface area (Å²) in [6.45, 7) is 7.65. The summed E-state index contributed by atoms with van der Waals surface area (Å²) < 4.78 is 11.4. The largest absolute Gasteiger partial charge is 0.495 e. The molecule has 3 nitrogen and oxygen atoms in total. The van der Waals surface area contributed by atoms with E-state index in [1.54, 1.807) is 7.11 Å². The highest BCUT2D eigenvalue weighted by atomic mass is 16.5. The van der Waals surface area contributed by atoms with Crippen molar-refractivity contribution in [1.29, 1.82) is 0 Å². The van der Waals surface area contributed by atoms with E-state index in [-0.39, 0.29) is 5.41 Å². The summed E-state index contributed by atoms with van der Waals surface area (Å²) in [6.07, 6.45) is 2.85. The van der Waals surface area contributed by atoms with Crippen LogP contribution in [0.15, 0.2) is 18.2 Å². The smallest absolute Gasteiger partial charge is 0.141 e. The molecule has 0 bridgehead atoms. The Morgan fingerprint density at radius 1 is 1.35 bits per heavy atom. The van der Waals surface area contributed by atoms with Gasteiger partial charge in [0.1, 0.15) is 5.75 Å². The highest BCUT2D eigenvalue weighted by Crippen LogP contribution is 2.52. The molecule has 3 heteroatoms. The number of benzene rings is 1. The average molecular weight is 275 g/mol. The van der Waals surface area contributed by atoms with Gasteiger partial charge in [0.05, 0.1) is 18.9 Å². The van der Waals surface area contributed by atoms with E-state index < -0.39 is 0 Å². The molecule has 0 amide bonds. The molecule has 110 valence electrons. The summed E-state index contributed by atoms with van der Waals surface area (Å²) in [6, 6.07) is 6.76. The third-order valence-corrected chi connectivity index (χ3v) is 5.00. The van der Waals surface area contributed by atoms with Crippen LogP contribution in [0.25, 0.3) is 0 Å². The van der Waals surface area contributed by atoms with Gasteiger partial charge in [0, 0.05) is 24.0 Å².